The lowest BCUT2D eigenvalue weighted by Crippen LogP contribution is -2.31. The molecule has 6 heteroatoms. The van der Waals surface area contributed by atoms with Gasteiger partial charge in [0.1, 0.15) is 0 Å². The summed E-state index contributed by atoms with van der Waals surface area (Å²) in [6, 6.07) is 22.2. The molecule has 0 heterocycles. The van der Waals surface area contributed by atoms with Crippen LogP contribution in [0.3, 0.4) is 0 Å². The quantitative estimate of drug-likeness (QED) is 0.582. The largest absolute Gasteiger partial charge is 0.322 e. The topological polar surface area (TPSA) is 66.5 Å². The first-order valence-corrected chi connectivity index (χ1v) is 10.5. The summed E-state index contributed by atoms with van der Waals surface area (Å²) >= 11 is 0. The molecule has 0 radical (unpaired) electrons. The Kier molecular flexibility index (Phi) is 6.14. The van der Waals surface area contributed by atoms with Crippen LogP contribution in [0.4, 0.5) is 11.4 Å². The van der Waals surface area contributed by atoms with Gasteiger partial charge >= 0.3 is 0 Å². The number of hydrogen-bond donors (Lipinski definition) is 1. The van der Waals surface area contributed by atoms with Crippen LogP contribution in [-0.4, -0.2) is 20.9 Å². The number of aryl methyl sites for hydroxylation is 1. The summed E-state index contributed by atoms with van der Waals surface area (Å²) in [7, 11) is -3.74. The van der Waals surface area contributed by atoms with Crippen molar-refractivity contribution in [1.82, 2.24) is 0 Å². The smallest absolute Gasteiger partial charge is 0.264 e. The molecule has 0 aliphatic carbocycles. The van der Waals surface area contributed by atoms with Gasteiger partial charge in [-0.2, -0.15) is 0 Å². The van der Waals surface area contributed by atoms with Gasteiger partial charge in [-0.1, -0.05) is 36.4 Å². The van der Waals surface area contributed by atoms with Gasteiger partial charge < -0.3 is 5.32 Å². The first kappa shape index (κ1) is 20.4. The fraction of sp³-hybridized carbons (Fsp3) is 0.0870. The van der Waals surface area contributed by atoms with E-state index in [4.69, 9.17) is 0 Å². The Morgan fingerprint density at radius 3 is 2.31 bits per heavy atom. The number of rotatable bonds is 7. The molecule has 1 amide bonds. The van der Waals surface area contributed by atoms with E-state index in [9.17, 15) is 13.2 Å². The highest BCUT2D eigenvalue weighted by atomic mass is 32.2. The predicted octanol–water partition coefficient (Wildman–Crippen LogP) is 4.63. The van der Waals surface area contributed by atoms with E-state index in [2.05, 4.69) is 11.9 Å². The minimum atomic E-state index is -3.74. The monoisotopic (exact) mass is 406 g/mol. The molecule has 3 rings (SSSR count). The van der Waals surface area contributed by atoms with Crippen LogP contribution >= 0.6 is 0 Å². The molecular weight excluding hydrogens is 384 g/mol. The molecule has 0 saturated carbocycles. The summed E-state index contributed by atoms with van der Waals surface area (Å²) in [5.74, 6) is -0.261. The van der Waals surface area contributed by atoms with Crippen molar-refractivity contribution in [3.05, 3.63) is 103 Å². The first-order chi connectivity index (χ1) is 13.9. The van der Waals surface area contributed by atoms with Gasteiger partial charge in [-0.25, -0.2) is 8.42 Å². The minimum absolute atomic E-state index is 0.117. The number of sulfonamides is 1. The van der Waals surface area contributed by atoms with Crippen LogP contribution in [0, 0.1) is 6.92 Å². The summed E-state index contributed by atoms with van der Waals surface area (Å²) in [6.45, 7) is 5.73. The average Bonchev–Trinajstić information content (AvgIpc) is 2.73. The maximum Gasteiger partial charge on any atom is 0.264 e. The molecule has 3 aromatic rings. The maximum atomic E-state index is 13.0. The van der Waals surface area contributed by atoms with Crippen molar-refractivity contribution in [3.8, 4) is 0 Å². The molecule has 0 aliphatic heterocycles. The number of benzene rings is 3. The van der Waals surface area contributed by atoms with Gasteiger partial charge in [0.25, 0.3) is 15.9 Å². The molecule has 0 atom stereocenters. The van der Waals surface area contributed by atoms with Gasteiger partial charge in [0, 0.05) is 11.3 Å². The Bertz CT molecular complexity index is 1110. The maximum absolute atomic E-state index is 13.0. The second-order valence-corrected chi connectivity index (χ2v) is 8.37. The van der Waals surface area contributed by atoms with Crippen LogP contribution in [0.2, 0.25) is 0 Å². The molecule has 1 N–H and O–H groups in total. The van der Waals surface area contributed by atoms with E-state index in [1.807, 2.05) is 31.2 Å². The number of nitrogens with one attached hydrogen (secondary N) is 1. The SMILES string of the molecule is C=CCN(c1ccc(C(=O)Nc2cccc(C)c2)cc1)S(=O)(=O)c1ccccc1. The van der Waals surface area contributed by atoms with Crippen molar-refractivity contribution < 1.29 is 13.2 Å². The van der Waals surface area contributed by atoms with Crippen molar-refractivity contribution in [2.24, 2.45) is 0 Å². The van der Waals surface area contributed by atoms with E-state index < -0.39 is 10.0 Å². The summed E-state index contributed by atoms with van der Waals surface area (Å²) in [6.07, 6.45) is 1.53. The number of anilines is 2. The van der Waals surface area contributed by atoms with Gasteiger partial charge in [0.05, 0.1) is 17.1 Å². The van der Waals surface area contributed by atoms with Crippen LogP contribution in [-0.2, 0) is 10.0 Å². The van der Waals surface area contributed by atoms with Crippen LogP contribution < -0.4 is 9.62 Å². The van der Waals surface area contributed by atoms with Crippen LogP contribution in [0.15, 0.2) is 96.4 Å². The summed E-state index contributed by atoms with van der Waals surface area (Å²) in [5, 5.41) is 2.84. The Morgan fingerprint density at radius 2 is 1.69 bits per heavy atom. The zero-order chi connectivity index (χ0) is 20.9. The second kappa shape index (κ2) is 8.75. The van der Waals surface area contributed by atoms with E-state index in [1.165, 1.54) is 10.4 Å². The number of amides is 1. The van der Waals surface area contributed by atoms with Crippen LogP contribution in [0.1, 0.15) is 15.9 Å². The van der Waals surface area contributed by atoms with Crippen molar-refractivity contribution in [2.75, 3.05) is 16.2 Å². The lowest BCUT2D eigenvalue weighted by Gasteiger charge is -2.23. The molecule has 0 saturated heterocycles. The van der Waals surface area contributed by atoms with E-state index in [1.54, 1.807) is 54.6 Å². The van der Waals surface area contributed by atoms with E-state index in [0.29, 0.717) is 16.9 Å². The Labute approximate surface area is 171 Å². The molecule has 0 spiro atoms. The molecule has 0 fully saturated rings. The van der Waals surface area contributed by atoms with Crippen LogP contribution in [0.25, 0.3) is 0 Å². The van der Waals surface area contributed by atoms with Crippen molar-refractivity contribution in [2.45, 2.75) is 11.8 Å². The van der Waals surface area contributed by atoms with Gasteiger partial charge in [0.2, 0.25) is 0 Å². The fourth-order valence-corrected chi connectivity index (χ4v) is 4.34. The molecule has 29 heavy (non-hydrogen) atoms. The highest BCUT2D eigenvalue weighted by Crippen LogP contribution is 2.24. The molecule has 3 aromatic carbocycles. The Hall–Kier alpha value is -3.38. The highest BCUT2D eigenvalue weighted by Gasteiger charge is 2.23. The van der Waals surface area contributed by atoms with Gasteiger partial charge in [-0.3, -0.25) is 9.10 Å². The molecule has 0 bridgehead atoms. The zero-order valence-electron chi connectivity index (χ0n) is 16.1. The number of nitrogens with zero attached hydrogens (tertiary/aromatic N) is 1. The molecule has 0 unspecified atom stereocenters. The van der Waals surface area contributed by atoms with Gasteiger partial charge in [-0.15, -0.1) is 6.58 Å². The van der Waals surface area contributed by atoms with E-state index in [0.717, 1.165) is 5.56 Å². The predicted molar refractivity (Wildman–Crippen MR) is 117 cm³/mol. The summed E-state index contributed by atoms with van der Waals surface area (Å²) < 4.78 is 27.3. The first-order valence-electron chi connectivity index (χ1n) is 9.08. The molecule has 0 aromatic heterocycles. The Morgan fingerprint density at radius 1 is 1.00 bits per heavy atom. The van der Waals surface area contributed by atoms with Crippen molar-refractivity contribution in [1.29, 1.82) is 0 Å². The third-order valence-electron chi connectivity index (χ3n) is 4.32. The second-order valence-electron chi connectivity index (χ2n) is 6.51. The zero-order valence-corrected chi connectivity index (χ0v) is 16.9. The third-order valence-corrected chi connectivity index (χ3v) is 6.13. The Balaban J connectivity index is 1.85. The molecule has 148 valence electrons. The lowest BCUT2D eigenvalue weighted by molar-refractivity contribution is 0.102. The lowest BCUT2D eigenvalue weighted by atomic mass is 10.1. The number of carbonyl (C=O) groups excluding carboxylic acids is 1. The fourth-order valence-electron chi connectivity index (χ4n) is 2.88. The number of hydrogen-bond acceptors (Lipinski definition) is 3. The van der Waals surface area contributed by atoms with E-state index in [-0.39, 0.29) is 17.3 Å². The van der Waals surface area contributed by atoms with E-state index >= 15 is 0 Å². The molecule has 0 aliphatic rings. The average molecular weight is 407 g/mol. The molecule has 5 nitrogen and oxygen atoms in total. The summed E-state index contributed by atoms with van der Waals surface area (Å²) in [4.78, 5) is 12.7. The number of carbonyl (C=O) groups is 1. The van der Waals surface area contributed by atoms with Crippen LogP contribution in [0.5, 0.6) is 0 Å². The normalized spacial score (nSPS) is 10.9. The highest BCUT2D eigenvalue weighted by molar-refractivity contribution is 7.92. The minimum Gasteiger partial charge on any atom is -0.322 e. The third kappa shape index (κ3) is 4.73. The van der Waals surface area contributed by atoms with Gasteiger partial charge in [-0.05, 0) is 61.0 Å². The van der Waals surface area contributed by atoms with Gasteiger partial charge in [0.15, 0.2) is 0 Å². The summed E-state index contributed by atoms with van der Waals surface area (Å²) in [5.41, 5.74) is 2.65. The van der Waals surface area contributed by atoms with Crippen molar-refractivity contribution in [3.63, 3.8) is 0 Å². The molecular formula is C23H22N2O3S. The van der Waals surface area contributed by atoms with Crippen molar-refractivity contribution >= 4 is 27.3 Å². The standard InChI is InChI=1S/C23H22N2O3S/c1-3-16-25(29(27,28)22-10-5-4-6-11-22)21-14-12-19(13-15-21)23(26)24-20-9-7-8-18(2)17-20/h3-15,17H,1,16H2,2H3,(H,24,26).